The zero-order valence-electron chi connectivity index (χ0n) is 17.4. The Morgan fingerprint density at radius 1 is 1.17 bits per heavy atom. The van der Waals surface area contributed by atoms with Gasteiger partial charge in [-0.25, -0.2) is 4.79 Å². The number of rotatable bonds is 5. The minimum atomic E-state index is -0.631. The molecule has 0 aromatic heterocycles. The number of esters is 1. The van der Waals surface area contributed by atoms with E-state index in [4.69, 9.17) is 14.2 Å². The third kappa shape index (κ3) is 3.81. The molecular weight excluding hydrogens is 374 g/mol. The molecule has 29 heavy (non-hydrogen) atoms. The van der Waals surface area contributed by atoms with Crippen LogP contribution in [0.25, 0.3) is 0 Å². The highest BCUT2D eigenvalue weighted by Crippen LogP contribution is 2.47. The number of nitrogens with one attached hydrogen (secondary N) is 1. The second-order valence-electron chi connectivity index (χ2n) is 7.49. The van der Waals surface area contributed by atoms with Crippen LogP contribution in [-0.2, 0) is 14.3 Å². The number of allylic oxidation sites excluding steroid dienone is 3. The van der Waals surface area contributed by atoms with Gasteiger partial charge in [-0.2, -0.15) is 0 Å². The molecule has 7 nitrogen and oxygen atoms in total. The largest absolute Gasteiger partial charge is 0.502 e. The minimum absolute atomic E-state index is 0.00268. The molecule has 0 spiro atoms. The number of ether oxygens (including phenoxy) is 3. The van der Waals surface area contributed by atoms with Gasteiger partial charge in [0.05, 0.1) is 25.9 Å². The predicted molar refractivity (Wildman–Crippen MR) is 107 cm³/mol. The topological polar surface area (TPSA) is 94.1 Å². The van der Waals surface area contributed by atoms with E-state index in [1.54, 1.807) is 26.0 Å². The van der Waals surface area contributed by atoms with Crippen LogP contribution < -0.4 is 14.8 Å². The van der Waals surface area contributed by atoms with E-state index in [0.29, 0.717) is 28.8 Å². The van der Waals surface area contributed by atoms with Crippen molar-refractivity contribution >= 4 is 11.8 Å². The Morgan fingerprint density at radius 3 is 2.34 bits per heavy atom. The SMILES string of the molecule is COc1cc(C2C(C(=O)OC(C)C)=C(C)NC3=C2C(=O)CCC3)cc(OC)c1O. The highest BCUT2D eigenvalue weighted by Gasteiger charge is 2.40. The molecule has 1 aliphatic carbocycles. The van der Waals surface area contributed by atoms with Crippen LogP contribution in [0.15, 0.2) is 34.7 Å². The monoisotopic (exact) mass is 401 g/mol. The number of dihydropyridines is 1. The molecule has 0 bridgehead atoms. The van der Waals surface area contributed by atoms with Crippen LogP contribution in [0.3, 0.4) is 0 Å². The second kappa shape index (κ2) is 8.19. The van der Waals surface area contributed by atoms with E-state index in [2.05, 4.69) is 5.32 Å². The van der Waals surface area contributed by atoms with Gasteiger partial charge in [-0.1, -0.05) is 0 Å². The van der Waals surface area contributed by atoms with Crippen LogP contribution in [0.1, 0.15) is 51.5 Å². The zero-order chi connectivity index (χ0) is 21.3. The van der Waals surface area contributed by atoms with Crippen molar-refractivity contribution in [3.63, 3.8) is 0 Å². The molecule has 1 atom stereocenters. The van der Waals surface area contributed by atoms with E-state index in [1.165, 1.54) is 14.2 Å². The minimum Gasteiger partial charge on any atom is -0.502 e. The summed E-state index contributed by atoms with van der Waals surface area (Å²) < 4.78 is 16.1. The molecule has 1 unspecified atom stereocenters. The maximum absolute atomic E-state index is 13.0. The van der Waals surface area contributed by atoms with E-state index in [9.17, 15) is 14.7 Å². The van der Waals surface area contributed by atoms with E-state index in [1.807, 2.05) is 6.92 Å². The van der Waals surface area contributed by atoms with Gasteiger partial charge in [0.1, 0.15) is 0 Å². The Bertz CT molecular complexity index is 887. The summed E-state index contributed by atoms with van der Waals surface area (Å²) in [4.78, 5) is 25.9. The molecule has 2 aliphatic rings. The summed E-state index contributed by atoms with van der Waals surface area (Å²) in [6.45, 7) is 5.37. The highest BCUT2D eigenvalue weighted by molar-refractivity contribution is 6.03. The first-order valence-electron chi connectivity index (χ1n) is 9.68. The summed E-state index contributed by atoms with van der Waals surface area (Å²) in [5, 5.41) is 13.5. The van der Waals surface area contributed by atoms with Crippen LogP contribution in [0.4, 0.5) is 0 Å². The molecule has 2 N–H and O–H groups in total. The smallest absolute Gasteiger partial charge is 0.337 e. The quantitative estimate of drug-likeness (QED) is 0.731. The van der Waals surface area contributed by atoms with Crippen molar-refractivity contribution in [3.05, 3.63) is 40.2 Å². The standard InChI is InChI=1S/C22H27NO6/c1-11(2)29-22(26)18-12(3)23-14-7-6-8-15(24)20(14)19(18)13-9-16(27-4)21(25)17(10-13)28-5/h9-11,19,23,25H,6-8H2,1-5H3. The fourth-order valence-electron chi connectivity index (χ4n) is 3.95. The van der Waals surface area contributed by atoms with Gasteiger partial charge in [-0.05, 0) is 51.3 Å². The third-order valence-corrected chi connectivity index (χ3v) is 5.17. The number of methoxy groups -OCH3 is 2. The number of carbonyl (C=O) groups excluding carboxylic acids is 2. The van der Waals surface area contributed by atoms with E-state index in [-0.39, 0.29) is 29.1 Å². The van der Waals surface area contributed by atoms with Crippen molar-refractivity contribution in [2.24, 2.45) is 0 Å². The number of Topliss-reactive ketones (excluding diaryl/α,β-unsaturated/α-hetero) is 1. The molecule has 7 heteroatoms. The normalized spacial score (nSPS) is 19.1. The van der Waals surface area contributed by atoms with Gasteiger partial charge in [-0.3, -0.25) is 4.79 Å². The molecule has 0 saturated heterocycles. The van der Waals surface area contributed by atoms with Crippen LogP contribution >= 0.6 is 0 Å². The van der Waals surface area contributed by atoms with Crippen molar-refractivity contribution < 1.29 is 28.9 Å². The molecule has 3 rings (SSSR count). The number of carbonyl (C=O) groups is 2. The average Bonchev–Trinajstić information content (AvgIpc) is 2.66. The summed E-state index contributed by atoms with van der Waals surface area (Å²) in [7, 11) is 2.87. The maximum atomic E-state index is 13.0. The molecule has 156 valence electrons. The number of hydrogen-bond acceptors (Lipinski definition) is 7. The van der Waals surface area contributed by atoms with Crippen LogP contribution in [-0.4, -0.2) is 37.2 Å². The van der Waals surface area contributed by atoms with Gasteiger partial charge in [0.25, 0.3) is 0 Å². The summed E-state index contributed by atoms with van der Waals surface area (Å²) in [5.74, 6) is -0.837. The van der Waals surface area contributed by atoms with E-state index < -0.39 is 11.9 Å². The molecule has 0 radical (unpaired) electrons. The first-order chi connectivity index (χ1) is 13.8. The number of hydrogen-bond donors (Lipinski definition) is 2. The zero-order valence-corrected chi connectivity index (χ0v) is 17.4. The molecular formula is C22H27NO6. The van der Waals surface area contributed by atoms with Crippen LogP contribution in [0, 0.1) is 0 Å². The average molecular weight is 401 g/mol. The Morgan fingerprint density at radius 2 is 1.79 bits per heavy atom. The molecule has 1 heterocycles. The highest BCUT2D eigenvalue weighted by atomic mass is 16.5. The number of phenolic OH excluding ortho intramolecular Hbond substituents is 1. The molecule has 0 fully saturated rings. The molecule has 1 aromatic rings. The molecule has 1 aliphatic heterocycles. The first-order valence-corrected chi connectivity index (χ1v) is 9.68. The van der Waals surface area contributed by atoms with Gasteiger partial charge < -0.3 is 24.6 Å². The summed E-state index contributed by atoms with van der Waals surface area (Å²) in [5.41, 5.74) is 3.04. The van der Waals surface area contributed by atoms with Crippen molar-refractivity contribution in [1.29, 1.82) is 0 Å². The van der Waals surface area contributed by atoms with Crippen molar-refractivity contribution in [3.8, 4) is 17.2 Å². The van der Waals surface area contributed by atoms with Crippen molar-refractivity contribution in [1.82, 2.24) is 5.32 Å². The number of phenols is 1. The summed E-state index contributed by atoms with van der Waals surface area (Å²) in [6.07, 6.45) is 1.62. The van der Waals surface area contributed by atoms with Crippen LogP contribution in [0.2, 0.25) is 0 Å². The summed E-state index contributed by atoms with van der Waals surface area (Å²) in [6, 6.07) is 3.27. The first kappa shape index (κ1) is 20.8. The van der Waals surface area contributed by atoms with Gasteiger partial charge in [0.15, 0.2) is 17.3 Å². The van der Waals surface area contributed by atoms with Gasteiger partial charge in [0, 0.05) is 29.3 Å². The van der Waals surface area contributed by atoms with Crippen molar-refractivity contribution in [2.45, 2.75) is 52.1 Å². The van der Waals surface area contributed by atoms with E-state index in [0.717, 1.165) is 18.5 Å². The molecule has 0 amide bonds. The Kier molecular flexibility index (Phi) is 5.86. The van der Waals surface area contributed by atoms with Gasteiger partial charge in [-0.15, -0.1) is 0 Å². The molecule has 1 aromatic carbocycles. The number of ketones is 1. The van der Waals surface area contributed by atoms with Gasteiger partial charge >= 0.3 is 5.97 Å². The predicted octanol–water partition coefficient (Wildman–Crippen LogP) is 3.33. The fourth-order valence-corrected chi connectivity index (χ4v) is 3.95. The summed E-state index contributed by atoms with van der Waals surface area (Å²) >= 11 is 0. The fraction of sp³-hybridized carbons (Fsp3) is 0.455. The Hall–Kier alpha value is -2.96. The number of benzene rings is 1. The Labute approximate surface area is 170 Å². The lowest BCUT2D eigenvalue weighted by molar-refractivity contribution is -0.143. The second-order valence-corrected chi connectivity index (χ2v) is 7.49. The van der Waals surface area contributed by atoms with Crippen molar-refractivity contribution in [2.75, 3.05) is 14.2 Å². The molecule has 0 saturated carbocycles. The van der Waals surface area contributed by atoms with Crippen LogP contribution in [0.5, 0.6) is 17.2 Å². The Balaban J connectivity index is 2.23. The maximum Gasteiger partial charge on any atom is 0.337 e. The third-order valence-electron chi connectivity index (χ3n) is 5.17. The lowest BCUT2D eigenvalue weighted by Crippen LogP contribution is -2.35. The number of aromatic hydroxyl groups is 1. The van der Waals surface area contributed by atoms with Gasteiger partial charge in [0.2, 0.25) is 5.75 Å². The van der Waals surface area contributed by atoms with E-state index >= 15 is 0 Å². The lowest BCUT2D eigenvalue weighted by Gasteiger charge is -2.34. The lowest BCUT2D eigenvalue weighted by atomic mass is 9.75.